The number of fused-ring (bicyclic) bond motifs is 1. The van der Waals surface area contributed by atoms with Crippen molar-refractivity contribution in [3.05, 3.63) is 59.9 Å². The summed E-state index contributed by atoms with van der Waals surface area (Å²) in [6.45, 7) is 3.01. The lowest BCUT2D eigenvalue weighted by Gasteiger charge is -2.38. The summed E-state index contributed by atoms with van der Waals surface area (Å²) in [6, 6.07) is 13.7. The van der Waals surface area contributed by atoms with Crippen molar-refractivity contribution in [1.82, 2.24) is 10.2 Å². The number of para-hydroxylation sites is 2. The standard InChI is InChI=1S/C23H26FN3O4/c24-18-7-5-17(6-8-18)9-10-25-22(28)16-27-15-21(23(29)26-11-13-30-14-12-26)31-20-4-2-1-3-19(20)27/h1-8,21H,9-16H2,(H,25,28)/t21-/m1/s1. The third-order valence-electron chi connectivity index (χ3n) is 5.44. The summed E-state index contributed by atoms with van der Waals surface area (Å²) >= 11 is 0. The van der Waals surface area contributed by atoms with Crippen LogP contribution < -0.4 is 15.0 Å². The van der Waals surface area contributed by atoms with Crippen molar-refractivity contribution in [2.75, 3.05) is 50.8 Å². The van der Waals surface area contributed by atoms with Crippen LogP contribution in [0.3, 0.4) is 0 Å². The summed E-state index contributed by atoms with van der Waals surface area (Å²) in [5, 5.41) is 2.90. The molecule has 0 unspecified atom stereocenters. The van der Waals surface area contributed by atoms with Crippen molar-refractivity contribution in [3.63, 3.8) is 0 Å². The predicted octanol–water partition coefficient (Wildman–Crippen LogP) is 1.61. The molecule has 1 N–H and O–H groups in total. The third-order valence-corrected chi connectivity index (χ3v) is 5.44. The van der Waals surface area contributed by atoms with Crippen molar-refractivity contribution in [2.45, 2.75) is 12.5 Å². The molecule has 0 aliphatic carbocycles. The second-order valence-corrected chi connectivity index (χ2v) is 7.62. The van der Waals surface area contributed by atoms with Gasteiger partial charge in [0.1, 0.15) is 11.6 Å². The minimum Gasteiger partial charge on any atom is -0.477 e. The van der Waals surface area contributed by atoms with Crippen LogP contribution in [0.15, 0.2) is 48.5 Å². The molecule has 1 saturated heterocycles. The fraction of sp³-hybridized carbons (Fsp3) is 0.391. The molecule has 2 aromatic rings. The molecule has 4 rings (SSSR count). The minimum atomic E-state index is -0.667. The Morgan fingerprint density at radius 2 is 1.81 bits per heavy atom. The molecule has 7 nitrogen and oxygen atoms in total. The van der Waals surface area contributed by atoms with E-state index in [4.69, 9.17) is 9.47 Å². The molecule has 164 valence electrons. The highest BCUT2D eigenvalue weighted by Gasteiger charge is 2.34. The second kappa shape index (κ2) is 9.78. The van der Waals surface area contributed by atoms with Crippen LogP contribution in [0.2, 0.25) is 0 Å². The molecule has 1 fully saturated rings. The number of rotatable bonds is 6. The molecule has 2 amide bonds. The average Bonchev–Trinajstić information content (AvgIpc) is 2.80. The monoisotopic (exact) mass is 427 g/mol. The number of ether oxygens (including phenoxy) is 2. The SMILES string of the molecule is O=C(CN1C[C@H](C(=O)N2CCOCC2)Oc2ccccc21)NCCc1ccc(F)cc1. The van der Waals surface area contributed by atoms with Crippen molar-refractivity contribution >= 4 is 17.5 Å². The number of carbonyl (C=O) groups is 2. The van der Waals surface area contributed by atoms with Gasteiger partial charge in [-0.25, -0.2) is 4.39 Å². The van der Waals surface area contributed by atoms with Gasteiger partial charge in [0, 0.05) is 19.6 Å². The first-order valence-corrected chi connectivity index (χ1v) is 10.5. The van der Waals surface area contributed by atoms with Gasteiger partial charge in [-0.05, 0) is 36.2 Å². The van der Waals surface area contributed by atoms with Crippen molar-refractivity contribution in [1.29, 1.82) is 0 Å². The summed E-state index contributed by atoms with van der Waals surface area (Å²) in [6.07, 6.45) is -0.0517. The lowest BCUT2D eigenvalue weighted by Crippen LogP contribution is -2.54. The fourth-order valence-corrected chi connectivity index (χ4v) is 3.80. The van der Waals surface area contributed by atoms with Gasteiger partial charge in [-0.2, -0.15) is 0 Å². The molecule has 8 heteroatoms. The summed E-state index contributed by atoms with van der Waals surface area (Å²) in [5.41, 5.74) is 1.75. The van der Waals surface area contributed by atoms with E-state index in [2.05, 4.69) is 5.32 Å². The van der Waals surface area contributed by atoms with Crippen molar-refractivity contribution in [2.24, 2.45) is 0 Å². The summed E-state index contributed by atoms with van der Waals surface area (Å²) in [7, 11) is 0. The summed E-state index contributed by atoms with van der Waals surface area (Å²) in [4.78, 5) is 29.2. The van der Waals surface area contributed by atoms with E-state index < -0.39 is 6.10 Å². The molecule has 2 aliphatic rings. The Kier molecular flexibility index (Phi) is 6.66. The molecular formula is C23H26FN3O4. The van der Waals surface area contributed by atoms with Gasteiger partial charge >= 0.3 is 0 Å². The number of amides is 2. The van der Waals surface area contributed by atoms with E-state index >= 15 is 0 Å². The van der Waals surface area contributed by atoms with Gasteiger partial charge in [0.25, 0.3) is 5.91 Å². The first-order chi connectivity index (χ1) is 15.1. The van der Waals surface area contributed by atoms with E-state index in [1.165, 1.54) is 12.1 Å². The van der Waals surface area contributed by atoms with Crippen molar-refractivity contribution in [3.8, 4) is 5.75 Å². The number of benzene rings is 2. The molecule has 2 aromatic carbocycles. The maximum Gasteiger partial charge on any atom is 0.265 e. The number of morpholine rings is 1. The van der Waals surface area contributed by atoms with Crippen LogP contribution in [0, 0.1) is 5.82 Å². The predicted molar refractivity (Wildman–Crippen MR) is 114 cm³/mol. The zero-order valence-electron chi connectivity index (χ0n) is 17.3. The van der Waals surface area contributed by atoms with Crippen LogP contribution in [0.4, 0.5) is 10.1 Å². The number of nitrogens with zero attached hydrogens (tertiary/aromatic N) is 2. The van der Waals surface area contributed by atoms with Gasteiger partial charge in [0.05, 0.1) is 32.0 Å². The molecule has 1 atom stereocenters. The molecular weight excluding hydrogens is 401 g/mol. The highest BCUT2D eigenvalue weighted by atomic mass is 19.1. The van der Waals surface area contributed by atoms with Gasteiger partial charge in [0.15, 0.2) is 6.10 Å². The van der Waals surface area contributed by atoms with E-state index in [0.717, 1.165) is 11.3 Å². The largest absolute Gasteiger partial charge is 0.477 e. The third kappa shape index (κ3) is 5.32. The average molecular weight is 427 g/mol. The van der Waals surface area contributed by atoms with Crippen LogP contribution >= 0.6 is 0 Å². The molecule has 0 saturated carbocycles. The Morgan fingerprint density at radius 3 is 2.58 bits per heavy atom. The van der Waals surface area contributed by atoms with Gasteiger partial charge in [-0.15, -0.1) is 0 Å². The Labute approximate surface area is 180 Å². The quantitative estimate of drug-likeness (QED) is 0.759. The Bertz CT molecular complexity index is 915. The number of halogens is 1. The van der Waals surface area contributed by atoms with Crippen molar-refractivity contribution < 1.29 is 23.5 Å². The summed E-state index contributed by atoms with van der Waals surface area (Å²) < 4.78 is 24.3. The van der Waals surface area contributed by atoms with Gasteiger partial charge in [-0.3, -0.25) is 9.59 Å². The van der Waals surface area contributed by atoms with E-state index in [0.29, 0.717) is 51.6 Å². The number of carbonyl (C=O) groups excluding carboxylic acids is 2. The van der Waals surface area contributed by atoms with Crippen LogP contribution in [-0.2, 0) is 20.7 Å². The first-order valence-electron chi connectivity index (χ1n) is 10.5. The summed E-state index contributed by atoms with van der Waals surface area (Å²) in [5.74, 6) is 0.0929. The zero-order valence-corrected chi connectivity index (χ0v) is 17.3. The molecule has 0 aromatic heterocycles. The van der Waals surface area contributed by atoms with E-state index in [1.807, 2.05) is 29.2 Å². The molecule has 0 bridgehead atoms. The fourth-order valence-electron chi connectivity index (χ4n) is 3.80. The smallest absolute Gasteiger partial charge is 0.265 e. The second-order valence-electron chi connectivity index (χ2n) is 7.62. The van der Waals surface area contributed by atoms with Crippen LogP contribution in [0.1, 0.15) is 5.56 Å². The number of anilines is 1. The maximum atomic E-state index is 13.0. The maximum absolute atomic E-state index is 13.0. The molecule has 31 heavy (non-hydrogen) atoms. The molecule has 0 radical (unpaired) electrons. The van der Waals surface area contributed by atoms with Gasteiger partial charge < -0.3 is 24.6 Å². The first kappa shape index (κ1) is 21.1. The number of nitrogens with one attached hydrogen (secondary N) is 1. The Morgan fingerprint density at radius 1 is 1.06 bits per heavy atom. The number of hydrogen-bond acceptors (Lipinski definition) is 5. The topological polar surface area (TPSA) is 71.1 Å². The van der Waals surface area contributed by atoms with Crippen LogP contribution in [-0.4, -0.2) is 68.8 Å². The van der Waals surface area contributed by atoms with E-state index in [9.17, 15) is 14.0 Å². The molecule has 0 spiro atoms. The highest BCUT2D eigenvalue weighted by Crippen LogP contribution is 2.33. The van der Waals surface area contributed by atoms with Crippen LogP contribution in [0.5, 0.6) is 5.75 Å². The lowest BCUT2D eigenvalue weighted by molar-refractivity contribution is -0.142. The van der Waals surface area contributed by atoms with E-state index in [-0.39, 0.29) is 24.2 Å². The Balaban J connectivity index is 1.37. The number of hydrogen-bond donors (Lipinski definition) is 1. The molecule has 2 heterocycles. The van der Waals surface area contributed by atoms with E-state index in [1.54, 1.807) is 17.0 Å². The van der Waals surface area contributed by atoms with Gasteiger partial charge in [0.2, 0.25) is 5.91 Å². The normalized spacial score (nSPS) is 18.2. The van der Waals surface area contributed by atoms with Gasteiger partial charge in [-0.1, -0.05) is 24.3 Å². The van der Waals surface area contributed by atoms with Crippen LogP contribution in [0.25, 0.3) is 0 Å². The molecule has 2 aliphatic heterocycles. The Hall–Kier alpha value is -3.13. The zero-order chi connectivity index (χ0) is 21.6. The minimum absolute atomic E-state index is 0.0838. The highest BCUT2D eigenvalue weighted by molar-refractivity contribution is 5.86. The lowest BCUT2D eigenvalue weighted by atomic mass is 10.1.